The lowest BCUT2D eigenvalue weighted by Gasteiger charge is -2.27. The van der Waals surface area contributed by atoms with Gasteiger partial charge in [0.2, 0.25) is 5.91 Å². The van der Waals surface area contributed by atoms with Crippen molar-refractivity contribution in [2.45, 2.75) is 229 Å². The number of thioether (sulfide) groups is 2. The van der Waals surface area contributed by atoms with Crippen LogP contribution >= 0.6 is 23.5 Å². The van der Waals surface area contributed by atoms with E-state index in [0.717, 1.165) is 64.5 Å². The average molecular weight is 1850 g/mol. The Balaban J connectivity index is -0.000000153. The molecule has 0 aromatic carbocycles. The van der Waals surface area contributed by atoms with Crippen molar-refractivity contribution in [1.29, 1.82) is 0 Å². The van der Waals surface area contributed by atoms with Crippen molar-refractivity contribution >= 4 is 159 Å². The number of carbonyl (C=O) groups excluding carboxylic acids is 11. The smallest absolute Gasteiger partial charge is 0.311 e. The molecule has 700 valence electrons. The highest BCUT2D eigenvalue weighted by Crippen LogP contribution is 2.29. The van der Waals surface area contributed by atoms with Crippen molar-refractivity contribution in [3.63, 3.8) is 0 Å². The van der Waals surface area contributed by atoms with Crippen molar-refractivity contribution in [3.05, 3.63) is 0 Å². The second-order valence-corrected chi connectivity index (χ2v) is 37.7. The van der Waals surface area contributed by atoms with Crippen molar-refractivity contribution in [3.8, 4) is 0 Å². The lowest BCUT2D eigenvalue weighted by Crippen LogP contribution is -2.40. The van der Waals surface area contributed by atoms with Gasteiger partial charge in [0, 0.05) is 187 Å². The van der Waals surface area contributed by atoms with E-state index in [1.807, 2.05) is 79.0 Å². The maximum atomic E-state index is 12.2. The predicted octanol–water partition coefficient (Wildman–Crippen LogP) is 14.4. The van der Waals surface area contributed by atoms with Crippen LogP contribution in [0.15, 0.2) is 0 Å². The number of nitrogens with zero attached hydrogens (tertiary/aromatic N) is 10. The van der Waals surface area contributed by atoms with Crippen molar-refractivity contribution < 1.29 is 91.7 Å². The molecule has 0 aliphatic rings. The van der Waals surface area contributed by atoms with Gasteiger partial charge in [0.05, 0.1) is 18.7 Å². The second-order valence-electron chi connectivity index (χ2n) is 25.7. The van der Waals surface area contributed by atoms with Gasteiger partial charge in [-0.2, -0.15) is 0 Å². The fraction of sp³-hybridized carbons (Fsp3) is 0.859. The molecule has 0 spiro atoms. The quantitative estimate of drug-likeness (QED) is 0.0403. The first-order chi connectivity index (χ1) is 52.6. The van der Waals surface area contributed by atoms with Gasteiger partial charge in [-0.1, -0.05) is 102 Å². The van der Waals surface area contributed by atoms with E-state index in [2.05, 4.69) is 32.6 Å². The summed E-state index contributed by atoms with van der Waals surface area (Å²) in [6.45, 7) is 57.3. The van der Waals surface area contributed by atoms with Gasteiger partial charge in [0.1, 0.15) is 78.0 Å². The van der Waals surface area contributed by atoms with Gasteiger partial charge in [0.15, 0.2) is 0 Å². The zero-order valence-electron chi connectivity index (χ0n) is 72.3. The largest absolute Gasteiger partial charge is 0.462 e. The normalized spacial score (nSPS) is 12.3. The number of hydrogen-bond donors (Lipinski definition) is 0. The van der Waals surface area contributed by atoms with E-state index in [4.69, 9.17) is 9.47 Å². The lowest BCUT2D eigenvalue weighted by atomic mass is 9.90. The van der Waals surface area contributed by atoms with Gasteiger partial charge in [-0.05, 0) is 155 Å². The van der Waals surface area contributed by atoms with Crippen LogP contribution in [0, 0.1) is 10.8 Å². The van der Waals surface area contributed by atoms with Crippen LogP contribution in [0.2, 0.25) is 0 Å². The minimum absolute atomic E-state index is 0. The number of amides is 9. The molecule has 0 bridgehead atoms. The summed E-state index contributed by atoms with van der Waals surface area (Å²) >= 11 is 2.65. The average Bonchev–Trinajstić information content (AvgIpc) is 0.853. The highest BCUT2D eigenvalue weighted by molar-refractivity contribution is 8.14. The van der Waals surface area contributed by atoms with Crippen LogP contribution in [-0.2, 0) is 99.5 Å². The Kier molecular flexibility index (Phi) is 90.2. The highest BCUT2D eigenvalue weighted by Gasteiger charge is 2.33. The summed E-state index contributed by atoms with van der Waals surface area (Å²) in [7, 11) is -11.3. The fourth-order valence-electron chi connectivity index (χ4n) is 9.49. The molecule has 0 fully saturated rings. The summed E-state index contributed by atoms with van der Waals surface area (Å²) in [6.07, 6.45) is 0.996. The van der Waals surface area contributed by atoms with E-state index in [9.17, 15) is 82.2 Å². The second kappa shape index (κ2) is 79.1. The van der Waals surface area contributed by atoms with Crippen LogP contribution in [0.3, 0.4) is 0 Å². The van der Waals surface area contributed by atoms with Crippen LogP contribution in [-0.4, -0.2) is 340 Å². The molecule has 39 heteroatoms. The van der Waals surface area contributed by atoms with Crippen LogP contribution in [0.5, 0.6) is 0 Å². The number of carbonyl (C=O) groups is 11. The molecule has 0 N–H and O–H groups in total. The summed E-state index contributed by atoms with van der Waals surface area (Å²) in [5.41, 5.74) is -0.627. The molecule has 0 saturated heterocycles. The SMILES string of the molecule is C.C.C.C.C.CCN(CC)C(=O)CCC(C)(C)CSC(=O)N(CC)CC.CCN(CC)C(=O)S(=O)CC(C)(C)CS(=O)C(=O)N(CC)CC.CCN(CC)C(=O)S(=O)CCC(=O)OCCOC(=O)CCS(=O)C(=O)N(CC)CC.CCN(CC)C(=O)S(=O)CCS(=O)C(=O)N(CC)CC.CCN(CC)CS(=O)CCSC(=O)N(CC)CC. The van der Waals surface area contributed by atoms with Crippen LogP contribution < -0.4 is 0 Å². The fourth-order valence-corrected chi connectivity index (χ4v) is 21.1. The summed E-state index contributed by atoms with van der Waals surface area (Å²) < 4.78 is 93.3. The zero-order valence-corrected chi connectivity index (χ0v) is 79.6. The Bertz CT molecular complexity index is 2760. The number of esters is 2. The molecule has 7 atom stereocenters. The molecule has 30 nitrogen and oxygen atoms in total. The third kappa shape index (κ3) is 60.1. The van der Waals surface area contributed by atoms with Gasteiger partial charge in [-0.3, -0.25) is 61.8 Å². The molecule has 0 heterocycles. The molecule has 9 amide bonds. The first kappa shape index (κ1) is 133. The van der Waals surface area contributed by atoms with Gasteiger partial charge in [-0.15, -0.1) is 0 Å². The van der Waals surface area contributed by atoms with Gasteiger partial charge in [-0.25, -0.2) is 25.3 Å². The van der Waals surface area contributed by atoms with E-state index in [1.54, 1.807) is 74.1 Å². The van der Waals surface area contributed by atoms with Crippen LogP contribution in [0.4, 0.5) is 38.4 Å². The van der Waals surface area contributed by atoms with E-state index < -0.39 is 124 Å². The lowest BCUT2D eigenvalue weighted by molar-refractivity contribution is -0.151. The first-order valence-corrected chi connectivity index (χ1v) is 50.6. The van der Waals surface area contributed by atoms with Crippen LogP contribution in [0.25, 0.3) is 0 Å². The van der Waals surface area contributed by atoms with Crippen molar-refractivity contribution in [2.75, 3.05) is 202 Å². The number of hydrogen-bond acceptors (Lipinski definition) is 23. The maximum absolute atomic E-state index is 12.2. The maximum Gasteiger partial charge on any atom is 0.311 e. The Hall–Kier alpha value is -4.12. The van der Waals surface area contributed by atoms with Gasteiger partial charge in [0.25, 0.3) is 10.5 Å². The minimum atomic E-state index is -1.81. The van der Waals surface area contributed by atoms with Crippen LogP contribution in [0.1, 0.15) is 229 Å². The number of rotatable bonds is 46. The summed E-state index contributed by atoms with van der Waals surface area (Å²) in [4.78, 5) is 147. The molecule has 0 aromatic heterocycles. The Morgan fingerprint density at radius 3 is 0.795 bits per heavy atom. The highest BCUT2D eigenvalue weighted by atomic mass is 32.2. The van der Waals surface area contributed by atoms with Gasteiger partial charge < -0.3 is 53.6 Å². The molecule has 117 heavy (non-hydrogen) atoms. The summed E-state index contributed by atoms with van der Waals surface area (Å²) in [6, 6.07) is 0. The topological polar surface area (TPSA) is 358 Å². The Morgan fingerprint density at radius 2 is 0.538 bits per heavy atom. The molecule has 0 rings (SSSR count). The molecule has 0 aliphatic carbocycles. The number of ether oxygens (including phenoxy) is 2. The van der Waals surface area contributed by atoms with E-state index >= 15 is 0 Å². The molecule has 0 radical (unpaired) electrons. The minimum Gasteiger partial charge on any atom is -0.462 e. The van der Waals surface area contributed by atoms with E-state index in [0.29, 0.717) is 102 Å². The Labute approximate surface area is 735 Å². The Morgan fingerprint density at radius 1 is 0.291 bits per heavy atom. The molecular weight excluding hydrogens is 1690 g/mol. The monoisotopic (exact) mass is 1850 g/mol. The zero-order chi connectivity index (χ0) is 87.5. The summed E-state index contributed by atoms with van der Waals surface area (Å²) in [5, 5.41) is -2.50. The standard InChI is InChI=1S/C18H32N2O8S2.C16H32N2O2S.C15H30N2O4S2.C12H24N2O4S2.C12H26N2O2S2.5CH4/c1-5-19(6-2)17(23)29(25)13-9-15(21)27-11-12-28-16(22)10-14-30(26)18(24)20(7-3)8-4;1-7-17(8-2)14(19)11-12-16(5,6)13-21-15(20)18(9-3)10-4;1-7-16(8-2)13(18)22(20)11-15(5,6)12-23(21)14(19)17(9-3)10-4;1-5-13(6-2)11(15)19(17)9-10-20(18)12(16)14(7-3)8-4;1-5-13(6-2)11-18(16)10-9-17-12(15)14(7-3)8-4;;;;;/h5-14H2,1-4H3;7-13H2,1-6H3;7-12H2,1-6H3;5-10H2,1-4H3;5-11H2,1-4H3;5*1H4. The van der Waals surface area contributed by atoms with E-state index in [1.165, 1.54) is 52.9 Å². The van der Waals surface area contributed by atoms with E-state index in [-0.39, 0.29) is 120 Å². The predicted molar refractivity (Wildman–Crippen MR) is 500 cm³/mol. The molecule has 7 unspecified atom stereocenters. The first-order valence-electron chi connectivity index (χ1n) is 39.2. The third-order valence-electron chi connectivity index (χ3n) is 16.9. The summed E-state index contributed by atoms with van der Waals surface area (Å²) in [5.74, 6) is 1.34. The molecule has 0 aliphatic heterocycles. The third-order valence-corrected chi connectivity index (χ3v) is 29.4. The molecule has 0 aromatic rings. The molecule has 0 saturated carbocycles. The molecular formula is C78H164N10O20S9. The van der Waals surface area contributed by atoms with Gasteiger partial charge >= 0.3 is 43.4 Å². The van der Waals surface area contributed by atoms with Crippen molar-refractivity contribution in [1.82, 2.24) is 49.0 Å². The van der Waals surface area contributed by atoms with Crippen molar-refractivity contribution in [2.24, 2.45) is 10.8 Å².